The van der Waals surface area contributed by atoms with Crippen molar-refractivity contribution in [1.82, 2.24) is 4.90 Å². The lowest BCUT2D eigenvalue weighted by Crippen LogP contribution is -2.41. The van der Waals surface area contributed by atoms with E-state index >= 15 is 0 Å². The molecular formula is C25H25ClN2O5. The molecule has 8 heteroatoms. The molecule has 0 spiro atoms. The van der Waals surface area contributed by atoms with Crippen molar-refractivity contribution < 1.29 is 18.7 Å². The zero-order valence-electron chi connectivity index (χ0n) is 18.3. The first-order valence-electron chi connectivity index (χ1n) is 11.0. The van der Waals surface area contributed by atoms with E-state index in [1.807, 2.05) is 23.1 Å². The molecule has 1 saturated heterocycles. The van der Waals surface area contributed by atoms with Gasteiger partial charge in [-0.15, -0.1) is 0 Å². The molecule has 2 aromatic carbocycles. The van der Waals surface area contributed by atoms with Crippen molar-refractivity contribution in [2.24, 2.45) is 5.92 Å². The number of nitrogens with one attached hydrogen (secondary N) is 1. The summed E-state index contributed by atoms with van der Waals surface area (Å²) in [7, 11) is 0. The largest absolute Gasteiger partial charge is 0.466 e. The Morgan fingerprint density at radius 3 is 2.58 bits per heavy atom. The molecule has 3 aromatic rings. The van der Waals surface area contributed by atoms with E-state index in [4.69, 9.17) is 20.8 Å². The van der Waals surface area contributed by atoms with Crippen LogP contribution in [0.1, 0.15) is 19.8 Å². The van der Waals surface area contributed by atoms with Crippen LogP contribution in [0.15, 0.2) is 57.7 Å². The van der Waals surface area contributed by atoms with Gasteiger partial charge in [-0.05, 0) is 56.6 Å². The smallest absolute Gasteiger partial charge is 0.309 e. The SMILES string of the molecule is CCOC(=O)C1CCN(CC(=O)Nc2oc3ccc(Cl)cc3c(=O)c2-c2ccccc2)CC1. The van der Waals surface area contributed by atoms with Gasteiger partial charge in [0, 0.05) is 5.02 Å². The van der Waals surface area contributed by atoms with Crippen molar-refractivity contribution in [2.75, 3.05) is 31.6 Å². The van der Waals surface area contributed by atoms with Gasteiger partial charge in [-0.25, -0.2) is 0 Å². The number of carbonyl (C=O) groups excluding carboxylic acids is 2. The molecule has 1 fully saturated rings. The monoisotopic (exact) mass is 468 g/mol. The first kappa shape index (κ1) is 23.0. The topological polar surface area (TPSA) is 88.8 Å². The Balaban J connectivity index is 1.55. The fraction of sp³-hybridized carbons (Fsp3) is 0.320. The van der Waals surface area contributed by atoms with Gasteiger partial charge < -0.3 is 9.15 Å². The summed E-state index contributed by atoms with van der Waals surface area (Å²) in [4.78, 5) is 40.1. The summed E-state index contributed by atoms with van der Waals surface area (Å²) in [5.41, 5.74) is 0.989. The van der Waals surface area contributed by atoms with Crippen LogP contribution in [0, 0.1) is 5.92 Å². The quantitative estimate of drug-likeness (QED) is 0.542. The second-order valence-electron chi connectivity index (χ2n) is 7.99. The van der Waals surface area contributed by atoms with Crippen molar-refractivity contribution in [1.29, 1.82) is 0 Å². The van der Waals surface area contributed by atoms with Crippen molar-refractivity contribution in [3.8, 4) is 11.1 Å². The molecule has 2 heterocycles. The summed E-state index contributed by atoms with van der Waals surface area (Å²) in [5, 5.41) is 3.56. The van der Waals surface area contributed by atoms with Gasteiger partial charge in [-0.2, -0.15) is 0 Å². The van der Waals surface area contributed by atoms with Crippen LogP contribution in [0.2, 0.25) is 5.02 Å². The van der Waals surface area contributed by atoms with Crippen LogP contribution < -0.4 is 10.7 Å². The van der Waals surface area contributed by atoms with Crippen LogP contribution in [-0.2, 0) is 14.3 Å². The third-order valence-corrected chi connectivity index (χ3v) is 5.98. The first-order chi connectivity index (χ1) is 16.0. The number of carbonyl (C=O) groups is 2. The molecule has 33 heavy (non-hydrogen) atoms. The Bertz CT molecular complexity index is 1220. The number of esters is 1. The lowest BCUT2D eigenvalue weighted by molar-refractivity contribution is -0.149. The van der Waals surface area contributed by atoms with Gasteiger partial charge in [-0.1, -0.05) is 41.9 Å². The summed E-state index contributed by atoms with van der Waals surface area (Å²) in [6.45, 7) is 3.52. The lowest BCUT2D eigenvalue weighted by atomic mass is 9.97. The predicted octanol–water partition coefficient (Wildman–Crippen LogP) is 4.33. The Kier molecular flexibility index (Phi) is 7.11. The molecule has 4 rings (SSSR count). The molecule has 0 radical (unpaired) electrons. The fourth-order valence-corrected chi connectivity index (χ4v) is 4.25. The van der Waals surface area contributed by atoms with E-state index in [1.54, 1.807) is 37.3 Å². The first-order valence-corrected chi connectivity index (χ1v) is 11.3. The van der Waals surface area contributed by atoms with Crippen LogP contribution in [0.4, 0.5) is 5.88 Å². The average Bonchev–Trinajstić information content (AvgIpc) is 2.81. The molecular weight excluding hydrogens is 444 g/mol. The number of piperidine rings is 1. The van der Waals surface area contributed by atoms with E-state index in [0.29, 0.717) is 54.1 Å². The fourth-order valence-electron chi connectivity index (χ4n) is 4.08. The Morgan fingerprint density at radius 1 is 1.15 bits per heavy atom. The van der Waals surface area contributed by atoms with Crippen LogP contribution in [0.5, 0.6) is 0 Å². The van der Waals surface area contributed by atoms with Crippen molar-refractivity contribution in [3.63, 3.8) is 0 Å². The number of fused-ring (bicyclic) bond motifs is 1. The predicted molar refractivity (Wildman–Crippen MR) is 127 cm³/mol. The number of hydrogen-bond acceptors (Lipinski definition) is 6. The minimum atomic E-state index is -0.293. The third-order valence-electron chi connectivity index (χ3n) is 5.74. The van der Waals surface area contributed by atoms with Crippen molar-refractivity contribution in [2.45, 2.75) is 19.8 Å². The van der Waals surface area contributed by atoms with Crippen LogP contribution in [0.3, 0.4) is 0 Å². The molecule has 1 aliphatic rings. The molecule has 1 amide bonds. The number of anilines is 1. The number of likely N-dealkylation sites (tertiary alicyclic amines) is 1. The summed E-state index contributed by atoms with van der Waals surface area (Å²) in [5.74, 6) is -0.489. The highest BCUT2D eigenvalue weighted by Gasteiger charge is 2.27. The molecule has 1 aliphatic heterocycles. The molecule has 1 aromatic heterocycles. The zero-order chi connectivity index (χ0) is 23.4. The standard InChI is InChI=1S/C25H25ClN2O5/c1-2-32-25(31)17-10-12-28(13-11-17)15-21(29)27-24-22(16-6-4-3-5-7-16)23(30)19-14-18(26)8-9-20(19)33-24/h3-9,14,17H,2,10-13,15H2,1H3,(H,27,29). The number of amides is 1. The highest BCUT2D eigenvalue weighted by molar-refractivity contribution is 6.31. The minimum Gasteiger partial charge on any atom is -0.466 e. The van der Waals surface area contributed by atoms with Gasteiger partial charge in [-0.3, -0.25) is 24.6 Å². The molecule has 0 saturated carbocycles. The number of halogens is 1. The normalized spacial score (nSPS) is 14.8. The molecule has 7 nitrogen and oxygen atoms in total. The Labute approximate surface area is 196 Å². The number of nitrogens with zero attached hydrogens (tertiary/aromatic N) is 1. The Morgan fingerprint density at radius 2 is 1.88 bits per heavy atom. The summed E-state index contributed by atoms with van der Waals surface area (Å²) in [6, 6.07) is 13.9. The van der Waals surface area contributed by atoms with E-state index < -0.39 is 0 Å². The number of rotatable bonds is 6. The maximum atomic E-state index is 13.3. The van der Waals surface area contributed by atoms with Gasteiger partial charge >= 0.3 is 5.97 Å². The van der Waals surface area contributed by atoms with Crippen LogP contribution >= 0.6 is 11.6 Å². The van der Waals surface area contributed by atoms with E-state index in [-0.39, 0.29) is 41.2 Å². The lowest BCUT2D eigenvalue weighted by Gasteiger charge is -2.30. The second-order valence-corrected chi connectivity index (χ2v) is 8.43. The zero-order valence-corrected chi connectivity index (χ0v) is 19.1. The van der Waals surface area contributed by atoms with E-state index in [9.17, 15) is 14.4 Å². The summed E-state index contributed by atoms with van der Waals surface area (Å²) in [6.07, 6.45) is 1.29. The van der Waals surface area contributed by atoms with Gasteiger partial charge in [0.05, 0.1) is 30.0 Å². The highest BCUT2D eigenvalue weighted by Crippen LogP contribution is 2.30. The summed E-state index contributed by atoms with van der Waals surface area (Å²) < 4.78 is 11.0. The molecule has 0 atom stereocenters. The number of ether oxygens (including phenoxy) is 1. The molecule has 0 bridgehead atoms. The number of hydrogen-bond donors (Lipinski definition) is 1. The van der Waals surface area contributed by atoms with E-state index in [2.05, 4.69) is 5.32 Å². The minimum absolute atomic E-state index is 0.104. The average molecular weight is 469 g/mol. The summed E-state index contributed by atoms with van der Waals surface area (Å²) >= 11 is 6.08. The van der Waals surface area contributed by atoms with Crippen LogP contribution in [0.25, 0.3) is 22.1 Å². The third kappa shape index (κ3) is 5.26. The second kappa shape index (κ2) is 10.2. The van der Waals surface area contributed by atoms with Gasteiger partial charge in [0.15, 0.2) is 0 Å². The molecule has 0 unspecified atom stereocenters. The van der Waals surface area contributed by atoms with Gasteiger partial charge in [0.25, 0.3) is 0 Å². The molecule has 172 valence electrons. The Hall–Kier alpha value is -3.16. The van der Waals surface area contributed by atoms with E-state index in [0.717, 1.165) is 0 Å². The maximum Gasteiger partial charge on any atom is 0.309 e. The van der Waals surface area contributed by atoms with Gasteiger partial charge in [0.2, 0.25) is 17.2 Å². The van der Waals surface area contributed by atoms with Gasteiger partial charge in [0.1, 0.15) is 5.58 Å². The molecule has 0 aliphatic carbocycles. The van der Waals surface area contributed by atoms with Crippen molar-refractivity contribution in [3.05, 3.63) is 63.8 Å². The van der Waals surface area contributed by atoms with Crippen molar-refractivity contribution >= 4 is 40.3 Å². The molecule has 1 N–H and O–H groups in total. The van der Waals surface area contributed by atoms with Crippen LogP contribution in [-0.4, -0.2) is 43.0 Å². The van der Waals surface area contributed by atoms with E-state index in [1.165, 1.54) is 0 Å². The maximum absolute atomic E-state index is 13.3. The number of benzene rings is 2. The highest BCUT2D eigenvalue weighted by atomic mass is 35.5.